The maximum Gasteiger partial charge on any atom is 0.318 e. The van der Waals surface area contributed by atoms with E-state index in [1.54, 1.807) is 6.07 Å². The van der Waals surface area contributed by atoms with E-state index in [-0.39, 0.29) is 11.8 Å². The maximum absolute atomic E-state index is 14.0. The summed E-state index contributed by atoms with van der Waals surface area (Å²) in [6.07, 6.45) is 5.50. The van der Waals surface area contributed by atoms with Gasteiger partial charge in [0.25, 0.3) is 0 Å². The van der Waals surface area contributed by atoms with E-state index in [9.17, 15) is 4.39 Å². The van der Waals surface area contributed by atoms with Crippen LogP contribution in [0.5, 0.6) is 6.01 Å². The molecule has 2 aromatic heterocycles. The first-order chi connectivity index (χ1) is 16.1. The predicted molar refractivity (Wildman–Crippen MR) is 127 cm³/mol. The molecule has 1 saturated heterocycles. The van der Waals surface area contributed by atoms with Gasteiger partial charge >= 0.3 is 6.01 Å². The third-order valence-electron chi connectivity index (χ3n) is 5.78. The molecule has 0 bridgehead atoms. The van der Waals surface area contributed by atoms with Crippen molar-refractivity contribution in [1.29, 1.82) is 5.41 Å². The van der Waals surface area contributed by atoms with Crippen LogP contribution in [0.3, 0.4) is 0 Å². The number of fused-ring (bicyclic) bond motifs is 1. The average Bonchev–Trinajstić information content (AvgIpc) is 3.18. The summed E-state index contributed by atoms with van der Waals surface area (Å²) in [4.78, 5) is 13.7. The lowest BCUT2D eigenvalue weighted by Gasteiger charge is -2.22. The summed E-state index contributed by atoms with van der Waals surface area (Å²) in [5.74, 6) is 0.854. The van der Waals surface area contributed by atoms with Gasteiger partial charge in [0.15, 0.2) is 5.65 Å². The minimum atomic E-state index is -0.338. The van der Waals surface area contributed by atoms with Gasteiger partial charge in [0, 0.05) is 30.1 Å². The summed E-state index contributed by atoms with van der Waals surface area (Å²) >= 11 is 0. The summed E-state index contributed by atoms with van der Waals surface area (Å²) in [7, 11) is 0. The van der Waals surface area contributed by atoms with Crippen molar-refractivity contribution >= 4 is 17.4 Å². The van der Waals surface area contributed by atoms with Gasteiger partial charge in [0.2, 0.25) is 0 Å². The molecule has 1 aliphatic heterocycles. The molecule has 0 spiro atoms. The van der Waals surface area contributed by atoms with Crippen LogP contribution in [0.1, 0.15) is 25.5 Å². The minimum Gasteiger partial charge on any atom is -0.464 e. The van der Waals surface area contributed by atoms with Crippen LogP contribution in [-0.2, 0) is 6.54 Å². The van der Waals surface area contributed by atoms with Crippen molar-refractivity contribution < 1.29 is 9.13 Å². The molecule has 0 atom stereocenters. The fraction of sp³-hybridized carbons (Fsp3) is 0.417. The smallest absolute Gasteiger partial charge is 0.318 e. The fourth-order valence-electron chi connectivity index (χ4n) is 4.06. The summed E-state index contributed by atoms with van der Waals surface area (Å²) < 4.78 is 21.4. The van der Waals surface area contributed by atoms with E-state index in [1.807, 2.05) is 30.7 Å². The fourth-order valence-corrected chi connectivity index (χ4v) is 4.06. The van der Waals surface area contributed by atoms with Crippen molar-refractivity contribution in [2.45, 2.75) is 33.2 Å². The van der Waals surface area contributed by atoms with Crippen molar-refractivity contribution in [2.75, 3.05) is 26.2 Å². The number of nitrogens with zero attached hydrogens (tertiary/aromatic N) is 4. The van der Waals surface area contributed by atoms with Gasteiger partial charge in [0.1, 0.15) is 17.2 Å². The zero-order valence-corrected chi connectivity index (χ0v) is 19.1. The van der Waals surface area contributed by atoms with Crippen molar-refractivity contribution in [3.05, 3.63) is 47.5 Å². The van der Waals surface area contributed by atoms with Gasteiger partial charge in [-0.15, -0.1) is 0 Å². The molecule has 3 N–H and O–H groups in total. The molecule has 3 heterocycles. The monoisotopic (exact) mass is 451 g/mol. The van der Waals surface area contributed by atoms with Crippen LogP contribution in [0.4, 0.5) is 4.39 Å². The Kier molecular flexibility index (Phi) is 7.29. The Morgan fingerprint density at radius 1 is 1.30 bits per heavy atom. The molecule has 0 aliphatic carbocycles. The number of nitrogens with one attached hydrogen (secondary N) is 3. The first kappa shape index (κ1) is 22.8. The van der Waals surface area contributed by atoms with Gasteiger partial charge in [-0.1, -0.05) is 12.1 Å². The zero-order chi connectivity index (χ0) is 23.2. The van der Waals surface area contributed by atoms with E-state index in [1.165, 1.54) is 18.3 Å². The van der Waals surface area contributed by atoms with E-state index in [0.717, 1.165) is 38.0 Å². The highest BCUT2D eigenvalue weighted by molar-refractivity contribution is 5.81. The second kappa shape index (κ2) is 10.5. The lowest BCUT2D eigenvalue weighted by atomic mass is 9.98. The van der Waals surface area contributed by atoms with Gasteiger partial charge < -0.3 is 25.3 Å². The normalized spacial score (nSPS) is 15.1. The number of aryl methyl sites for hydroxylation is 1. The van der Waals surface area contributed by atoms with Gasteiger partial charge in [-0.05, 0) is 57.8 Å². The highest BCUT2D eigenvalue weighted by atomic mass is 19.1. The second-order valence-electron chi connectivity index (χ2n) is 8.19. The van der Waals surface area contributed by atoms with E-state index >= 15 is 0 Å². The molecular weight excluding hydrogens is 421 g/mol. The third-order valence-corrected chi connectivity index (χ3v) is 5.78. The number of piperidine rings is 1. The van der Waals surface area contributed by atoms with Gasteiger partial charge in [-0.2, -0.15) is 9.97 Å². The van der Waals surface area contributed by atoms with Crippen LogP contribution in [0.2, 0.25) is 0 Å². The molecule has 9 heteroatoms. The number of ether oxygens (including phenoxy) is 1. The molecule has 8 nitrogen and oxygen atoms in total. The standard InChI is InChI=1S/C24H30FN7O/c1-3-33-24-29-16(2)21-23(31-24)32(22(30-21)19-5-4-6-20(25)11-19)15-18(12-26)14-28-13-17-7-9-27-10-8-17/h4-6,11-12,14,17,26-28H,3,7-10,13,15H2,1-2H3/b18-14+,26-12?. The molecular formula is C24H30FN7O. The molecule has 1 aromatic carbocycles. The Labute approximate surface area is 192 Å². The summed E-state index contributed by atoms with van der Waals surface area (Å²) in [5.41, 5.74) is 3.30. The molecule has 1 aliphatic rings. The van der Waals surface area contributed by atoms with Crippen LogP contribution in [0.15, 0.2) is 36.0 Å². The number of halogens is 1. The number of rotatable bonds is 9. The molecule has 3 aromatic rings. The molecule has 0 saturated carbocycles. The largest absolute Gasteiger partial charge is 0.464 e. The Morgan fingerprint density at radius 3 is 2.85 bits per heavy atom. The molecule has 0 unspecified atom stereocenters. The molecule has 0 radical (unpaired) electrons. The van der Waals surface area contributed by atoms with Crippen LogP contribution in [0, 0.1) is 24.1 Å². The van der Waals surface area contributed by atoms with Crippen LogP contribution < -0.4 is 15.4 Å². The Balaban J connectivity index is 1.70. The average molecular weight is 452 g/mol. The van der Waals surface area contributed by atoms with E-state index < -0.39 is 0 Å². The second-order valence-corrected chi connectivity index (χ2v) is 8.19. The van der Waals surface area contributed by atoms with E-state index in [2.05, 4.69) is 20.6 Å². The minimum absolute atomic E-state index is 0.277. The van der Waals surface area contributed by atoms with Crippen LogP contribution in [-0.4, -0.2) is 52.0 Å². The van der Waals surface area contributed by atoms with Crippen molar-refractivity contribution in [1.82, 2.24) is 30.2 Å². The van der Waals surface area contributed by atoms with Crippen molar-refractivity contribution in [2.24, 2.45) is 5.92 Å². The van der Waals surface area contributed by atoms with Crippen molar-refractivity contribution in [3.63, 3.8) is 0 Å². The van der Waals surface area contributed by atoms with E-state index in [4.69, 9.17) is 15.1 Å². The topological polar surface area (TPSA) is 101 Å². The first-order valence-corrected chi connectivity index (χ1v) is 11.4. The third kappa shape index (κ3) is 5.36. The Hall–Kier alpha value is -3.33. The lowest BCUT2D eigenvalue weighted by Crippen LogP contribution is -2.32. The SMILES string of the molecule is CCOc1nc(C)c2nc(-c3cccc(F)c3)n(C/C(C=N)=C/NCC3CCNCC3)c2n1. The van der Waals surface area contributed by atoms with Crippen molar-refractivity contribution in [3.8, 4) is 17.4 Å². The van der Waals surface area contributed by atoms with Crippen LogP contribution >= 0.6 is 0 Å². The summed E-state index contributed by atoms with van der Waals surface area (Å²) in [5, 5.41) is 14.7. The molecule has 1 fully saturated rings. The number of benzene rings is 1. The van der Waals surface area contributed by atoms with Gasteiger partial charge in [0.05, 0.1) is 18.8 Å². The highest BCUT2D eigenvalue weighted by Crippen LogP contribution is 2.27. The number of allylic oxidation sites excluding steroid dienone is 1. The number of aromatic nitrogens is 4. The summed E-state index contributed by atoms with van der Waals surface area (Å²) in [6, 6.07) is 6.61. The Bertz CT molecular complexity index is 1150. The number of imidazole rings is 1. The molecule has 4 rings (SSSR count). The number of hydrogen-bond donors (Lipinski definition) is 3. The summed E-state index contributed by atoms with van der Waals surface area (Å²) in [6.45, 7) is 7.50. The Morgan fingerprint density at radius 2 is 2.12 bits per heavy atom. The van der Waals surface area contributed by atoms with Gasteiger partial charge in [-0.3, -0.25) is 0 Å². The molecule has 174 valence electrons. The quantitative estimate of drug-likeness (QED) is 0.431. The molecule has 33 heavy (non-hydrogen) atoms. The number of hydrogen-bond acceptors (Lipinski definition) is 7. The molecule has 0 amide bonds. The first-order valence-electron chi connectivity index (χ1n) is 11.4. The maximum atomic E-state index is 14.0. The zero-order valence-electron chi connectivity index (χ0n) is 19.1. The lowest BCUT2D eigenvalue weighted by molar-refractivity contribution is 0.313. The van der Waals surface area contributed by atoms with Gasteiger partial charge in [-0.25, -0.2) is 9.37 Å². The highest BCUT2D eigenvalue weighted by Gasteiger charge is 2.19. The van der Waals surface area contributed by atoms with E-state index in [0.29, 0.717) is 47.3 Å². The predicted octanol–water partition coefficient (Wildman–Crippen LogP) is 3.46. The van der Waals surface area contributed by atoms with Crippen LogP contribution in [0.25, 0.3) is 22.6 Å².